The smallest absolute Gasteiger partial charge is 0.310 e. The predicted octanol–water partition coefficient (Wildman–Crippen LogP) is 4.32. The Morgan fingerprint density at radius 2 is 1.45 bits per heavy atom. The molecule has 0 aliphatic heterocycles. The van der Waals surface area contributed by atoms with Crippen molar-refractivity contribution in [3.05, 3.63) is 0 Å². The molecule has 0 amide bonds. The van der Waals surface area contributed by atoms with Crippen LogP contribution in [0.5, 0.6) is 0 Å². The Bertz CT molecular complexity index is 851. The van der Waals surface area contributed by atoms with E-state index in [1.807, 2.05) is 0 Å². The summed E-state index contributed by atoms with van der Waals surface area (Å²) in [6, 6.07) is 0. The van der Waals surface area contributed by atoms with E-state index >= 15 is 0 Å². The van der Waals surface area contributed by atoms with Crippen LogP contribution in [0.25, 0.3) is 0 Å². The van der Waals surface area contributed by atoms with Crippen LogP contribution in [0.4, 0.5) is 0 Å². The van der Waals surface area contributed by atoms with E-state index in [4.69, 9.17) is 9.47 Å². The Morgan fingerprint density at radius 3 is 1.97 bits per heavy atom. The molecule has 13 unspecified atom stereocenters. The molecular weight excluding hydrogens is 416 g/mol. The van der Waals surface area contributed by atoms with Crippen LogP contribution in [0.3, 0.4) is 0 Å². The lowest BCUT2D eigenvalue weighted by molar-refractivity contribution is -0.176. The van der Waals surface area contributed by atoms with Gasteiger partial charge in [0.2, 0.25) is 0 Å². The fraction of sp³-hybridized carbons (Fsp3) is 0.929. The van der Waals surface area contributed by atoms with Gasteiger partial charge in [0, 0.05) is 5.41 Å². The summed E-state index contributed by atoms with van der Waals surface area (Å²) >= 11 is 0. The Labute approximate surface area is 198 Å². The Hall–Kier alpha value is -1.10. The van der Waals surface area contributed by atoms with Crippen LogP contribution >= 0.6 is 0 Å². The van der Waals surface area contributed by atoms with Gasteiger partial charge >= 0.3 is 11.9 Å². The summed E-state index contributed by atoms with van der Waals surface area (Å²) in [7, 11) is 0. The molecule has 33 heavy (non-hydrogen) atoms. The molecule has 184 valence electrons. The summed E-state index contributed by atoms with van der Waals surface area (Å²) in [6.45, 7) is 11.6. The predicted molar refractivity (Wildman–Crippen MR) is 123 cm³/mol. The van der Waals surface area contributed by atoms with Gasteiger partial charge in [0.05, 0.1) is 18.4 Å². The second kappa shape index (κ2) is 7.21. The van der Waals surface area contributed by atoms with Crippen LogP contribution in [-0.2, 0) is 19.1 Å². The van der Waals surface area contributed by atoms with E-state index in [1.54, 1.807) is 0 Å². The van der Waals surface area contributed by atoms with Crippen LogP contribution in [0.1, 0.15) is 66.7 Å². The second-order valence-corrected chi connectivity index (χ2v) is 13.5. The quantitative estimate of drug-likeness (QED) is 0.491. The number of aliphatic hydroxyl groups is 1. The molecule has 6 aliphatic rings. The lowest BCUT2D eigenvalue weighted by atomic mass is 9.59. The summed E-state index contributed by atoms with van der Waals surface area (Å²) < 4.78 is 11.8. The summed E-state index contributed by atoms with van der Waals surface area (Å²) in [4.78, 5) is 27.1. The number of ether oxygens (including phenoxy) is 2. The minimum Gasteiger partial charge on any atom is -0.463 e. The maximum absolute atomic E-state index is 13.9. The minimum absolute atomic E-state index is 0.0125. The standard InChI is InChI=1S/C28H42O5/c1-13-14(2)17-11-16(13)21-18-12-19(22(17)21)24(23(18)25(30)32-9-8-29)26(31)33-20-10-15-6-7-28(20,5)27(15,3)4/h13-24,29H,6-12H2,1-5H3. The van der Waals surface area contributed by atoms with Gasteiger partial charge in [-0.1, -0.05) is 34.6 Å². The van der Waals surface area contributed by atoms with E-state index in [1.165, 1.54) is 12.8 Å². The molecule has 13 atom stereocenters. The van der Waals surface area contributed by atoms with Crippen LogP contribution in [-0.4, -0.2) is 36.4 Å². The first kappa shape index (κ1) is 22.4. The van der Waals surface area contributed by atoms with Gasteiger partial charge in [-0.2, -0.15) is 0 Å². The SMILES string of the molecule is CC1C(C)C2CC1C1C3CC(C(C(=O)OC4CC5CCC4(C)C5(C)C)C3C(=O)OCCO)C21. The van der Waals surface area contributed by atoms with E-state index in [9.17, 15) is 14.7 Å². The number of esters is 2. The molecule has 0 aromatic rings. The van der Waals surface area contributed by atoms with Gasteiger partial charge in [0.15, 0.2) is 0 Å². The van der Waals surface area contributed by atoms with Gasteiger partial charge < -0.3 is 14.6 Å². The Kier molecular flexibility index (Phi) is 4.89. The molecule has 0 saturated heterocycles. The van der Waals surface area contributed by atoms with E-state index in [-0.39, 0.29) is 59.8 Å². The van der Waals surface area contributed by atoms with Crippen LogP contribution < -0.4 is 0 Å². The van der Waals surface area contributed by atoms with Gasteiger partial charge in [-0.3, -0.25) is 9.59 Å². The number of hydrogen-bond acceptors (Lipinski definition) is 5. The average molecular weight is 459 g/mol. The van der Waals surface area contributed by atoms with Gasteiger partial charge in [0.1, 0.15) is 12.7 Å². The zero-order chi connectivity index (χ0) is 23.4. The highest BCUT2D eigenvalue weighted by molar-refractivity contribution is 5.84. The molecule has 0 heterocycles. The number of hydrogen-bond donors (Lipinski definition) is 1. The first-order valence-electron chi connectivity index (χ1n) is 13.6. The summed E-state index contributed by atoms with van der Waals surface area (Å²) in [5.74, 6) is 3.83. The lowest BCUT2D eigenvalue weighted by Gasteiger charge is -2.46. The number of carbonyl (C=O) groups excluding carboxylic acids is 2. The third kappa shape index (κ3) is 2.69. The highest BCUT2D eigenvalue weighted by Crippen LogP contribution is 2.73. The van der Waals surface area contributed by atoms with Gasteiger partial charge in [0.25, 0.3) is 0 Å². The topological polar surface area (TPSA) is 72.8 Å². The zero-order valence-electron chi connectivity index (χ0n) is 21.0. The largest absolute Gasteiger partial charge is 0.463 e. The molecule has 0 aromatic carbocycles. The van der Waals surface area contributed by atoms with Crippen molar-refractivity contribution in [3.8, 4) is 0 Å². The first-order valence-corrected chi connectivity index (χ1v) is 13.6. The van der Waals surface area contributed by atoms with E-state index in [0.29, 0.717) is 41.4 Å². The molecule has 6 saturated carbocycles. The Balaban J connectivity index is 1.28. The second-order valence-electron chi connectivity index (χ2n) is 13.5. The fourth-order valence-corrected chi connectivity index (χ4v) is 10.7. The third-order valence-electron chi connectivity index (χ3n) is 12.9. The highest BCUT2D eigenvalue weighted by atomic mass is 16.6. The highest BCUT2D eigenvalue weighted by Gasteiger charge is 2.72. The third-order valence-corrected chi connectivity index (χ3v) is 12.9. The van der Waals surface area contributed by atoms with E-state index in [0.717, 1.165) is 19.3 Å². The van der Waals surface area contributed by atoms with Crippen molar-refractivity contribution >= 4 is 11.9 Å². The van der Waals surface area contributed by atoms with E-state index in [2.05, 4.69) is 34.6 Å². The van der Waals surface area contributed by atoms with Crippen molar-refractivity contribution in [2.24, 2.45) is 75.9 Å². The van der Waals surface area contributed by atoms with Crippen molar-refractivity contribution in [3.63, 3.8) is 0 Å². The van der Waals surface area contributed by atoms with E-state index < -0.39 is 5.92 Å². The summed E-state index contributed by atoms with van der Waals surface area (Å²) in [5, 5.41) is 9.22. The molecule has 6 rings (SSSR count). The van der Waals surface area contributed by atoms with Crippen molar-refractivity contribution in [1.82, 2.24) is 0 Å². The average Bonchev–Trinajstić information content (AvgIpc) is 3.56. The normalized spacial score (nSPS) is 54.6. The van der Waals surface area contributed by atoms with Gasteiger partial charge in [-0.25, -0.2) is 0 Å². The van der Waals surface area contributed by atoms with Gasteiger partial charge in [-0.05, 0) is 90.8 Å². The molecule has 5 heteroatoms. The monoisotopic (exact) mass is 458 g/mol. The van der Waals surface area contributed by atoms with Crippen molar-refractivity contribution in [2.75, 3.05) is 13.2 Å². The van der Waals surface area contributed by atoms with Crippen molar-refractivity contribution in [1.29, 1.82) is 0 Å². The van der Waals surface area contributed by atoms with Crippen LogP contribution in [0.15, 0.2) is 0 Å². The molecule has 0 aromatic heterocycles. The number of fused-ring (bicyclic) bond motifs is 11. The number of rotatable bonds is 5. The molecule has 1 N–H and O–H groups in total. The summed E-state index contributed by atoms with van der Waals surface area (Å²) in [5.41, 5.74) is 0.212. The number of aliphatic hydroxyl groups excluding tert-OH is 1. The van der Waals surface area contributed by atoms with Crippen LogP contribution in [0.2, 0.25) is 0 Å². The molecule has 6 bridgehead atoms. The number of carbonyl (C=O) groups is 2. The molecule has 0 spiro atoms. The minimum atomic E-state index is -0.392. The van der Waals surface area contributed by atoms with Crippen LogP contribution in [0, 0.1) is 75.9 Å². The van der Waals surface area contributed by atoms with Gasteiger partial charge in [-0.15, -0.1) is 0 Å². The van der Waals surface area contributed by atoms with Crippen molar-refractivity contribution in [2.45, 2.75) is 72.8 Å². The Morgan fingerprint density at radius 1 is 0.879 bits per heavy atom. The zero-order valence-corrected chi connectivity index (χ0v) is 21.0. The maximum Gasteiger partial charge on any atom is 0.310 e. The molecule has 6 aliphatic carbocycles. The molecule has 0 radical (unpaired) electrons. The van der Waals surface area contributed by atoms with Crippen molar-refractivity contribution < 1.29 is 24.2 Å². The maximum atomic E-state index is 13.9. The molecule has 5 nitrogen and oxygen atoms in total. The lowest BCUT2D eigenvalue weighted by Crippen LogP contribution is -2.49. The summed E-state index contributed by atoms with van der Waals surface area (Å²) in [6.07, 6.45) is 5.50. The molecule has 6 fully saturated rings. The first-order chi connectivity index (χ1) is 15.6. The fourth-order valence-electron chi connectivity index (χ4n) is 10.7. The molecular formula is C28H42O5.